The minimum Gasteiger partial charge on any atom is -0.497 e. The third kappa shape index (κ3) is 4.16. The minimum absolute atomic E-state index is 0.0132. The van der Waals surface area contributed by atoms with Crippen molar-refractivity contribution in [2.45, 2.75) is 25.8 Å². The molecule has 1 aliphatic rings. The number of rotatable bonds is 5. The maximum atomic E-state index is 13.9. The molecule has 3 heterocycles. The van der Waals surface area contributed by atoms with E-state index < -0.39 is 5.82 Å². The smallest absolute Gasteiger partial charge is 0.254 e. The standard InChI is InChI=1S/C24H24FN5O2S/c1-15-21-22(30(28-15)17-7-9-18(32-2)10-8-17)27-24(33-21)29-13-11-16(12-14-29)26-23(31)19-5-3-4-6-20(19)25/h3-10,16H,11-14H2,1-2H3,(H,26,31). The zero-order valence-corrected chi connectivity index (χ0v) is 19.2. The fraction of sp³-hybridized carbons (Fsp3) is 0.292. The van der Waals surface area contributed by atoms with Crippen molar-refractivity contribution in [1.29, 1.82) is 0 Å². The number of aromatic nitrogens is 3. The first-order chi connectivity index (χ1) is 16.0. The van der Waals surface area contributed by atoms with E-state index in [1.165, 1.54) is 12.1 Å². The normalized spacial score (nSPS) is 14.6. The van der Waals surface area contributed by atoms with Gasteiger partial charge in [0.05, 0.1) is 28.8 Å². The van der Waals surface area contributed by atoms with E-state index in [1.54, 1.807) is 30.6 Å². The van der Waals surface area contributed by atoms with Gasteiger partial charge >= 0.3 is 0 Å². The molecule has 2 aromatic heterocycles. The van der Waals surface area contributed by atoms with Crippen molar-refractivity contribution >= 4 is 32.7 Å². The summed E-state index contributed by atoms with van der Waals surface area (Å²) in [5.41, 5.74) is 2.80. The summed E-state index contributed by atoms with van der Waals surface area (Å²) in [6.07, 6.45) is 1.55. The summed E-state index contributed by atoms with van der Waals surface area (Å²) in [7, 11) is 1.65. The van der Waals surface area contributed by atoms with Gasteiger partial charge in [0, 0.05) is 19.1 Å². The number of piperidine rings is 1. The maximum absolute atomic E-state index is 13.9. The number of halogens is 1. The van der Waals surface area contributed by atoms with Crippen molar-refractivity contribution < 1.29 is 13.9 Å². The van der Waals surface area contributed by atoms with Gasteiger partial charge in [0.1, 0.15) is 11.6 Å². The lowest BCUT2D eigenvalue weighted by Crippen LogP contribution is -2.44. The number of fused-ring (bicyclic) bond motifs is 1. The van der Waals surface area contributed by atoms with Crippen LogP contribution in [0.1, 0.15) is 28.9 Å². The number of hydrogen-bond acceptors (Lipinski definition) is 6. The number of aryl methyl sites for hydroxylation is 1. The van der Waals surface area contributed by atoms with Crippen molar-refractivity contribution in [3.63, 3.8) is 0 Å². The van der Waals surface area contributed by atoms with Crippen molar-refractivity contribution in [3.8, 4) is 11.4 Å². The number of nitrogens with zero attached hydrogens (tertiary/aromatic N) is 4. The van der Waals surface area contributed by atoms with E-state index in [-0.39, 0.29) is 17.5 Å². The Kier molecular flexibility index (Phi) is 5.72. The Bertz CT molecular complexity index is 1290. The largest absolute Gasteiger partial charge is 0.497 e. The third-order valence-electron chi connectivity index (χ3n) is 5.91. The highest BCUT2D eigenvalue weighted by molar-refractivity contribution is 7.22. The number of benzene rings is 2. The Balaban J connectivity index is 1.29. The zero-order chi connectivity index (χ0) is 22.9. The van der Waals surface area contributed by atoms with E-state index in [4.69, 9.17) is 9.72 Å². The van der Waals surface area contributed by atoms with Gasteiger partial charge in [0.15, 0.2) is 10.8 Å². The van der Waals surface area contributed by atoms with E-state index in [1.807, 2.05) is 35.9 Å². The number of thiazole rings is 1. The van der Waals surface area contributed by atoms with E-state index in [0.717, 1.165) is 58.5 Å². The summed E-state index contributed by atoms with van der Waals surface area (Å²) in [6, 6.07) is 13.8. The number of carbonyl (C=O) groups is 1. The average molecular weight is 466 g/mol. The van der Waals surface area contributed by atoms with Crippen molar-refractivity contribution in [2.75, 3.05) is 25.1 Å². The average Bonchev–Trinajstić information content (AvgIpc) is 3.40. The molecule has 0 atom stereocenters. The van der Waals surface area contributed by atoms with Crippen LogP contribution >= 0.6 is 11.3 Å². The molecular formula is C24H24FN5O2S. The van der Waals surface area contributed by atoms with Gasteiger partial charge < -0.3 is 15.0 Å². The lowest BCUT2D eigenvalue weighted by atomic mass is 10.0. The number of methoxy groups -OCH3 is 1. The molecule has 0 radical (unpaired) electrons. The molecule has 2 aromatic carbocycles. The highest BCUT2D eigenvalue weighted by atomic mass is 32.1. The molecule has 0 bridgehead atoms. The summed E-state index contributed by atoms with van der Waals surface area (Å²) in [6.45, 7) is 3.54. The number of ether oxygens (including phenoxy) is 1. The third-order valence-corrected chi connectivity index (χ3v) is 7.13. The molecule has 1 fully saturated rings. The Morgan fingerprint density at radius 3 is 2.58 bits per heavy atom. The van der Waals surface area contributed by atoms with Crippen LogP contribution in [0.3, 0.4) is 0 Å². The van der Waals surface area contributed by atoms with Crippen LogP contribution in [-0.4, -0.2) is 46.9 Å². The topological polar surface area (TPSA) is 72.3 Å². The van der Waals surface area contributed by atoms with E-state index in [2.05, 4.69) is 15.3 Å². The van der Waals surface area contributed by atoms with Crippen LogP contribution in [-0.2, 0) is 0 Å². The van der Waals surface area contributed by atoms with Gasteiger partial charge in [-0.3, -0.25) is 4.79 Å². The number of nitrogens with one attached hydrogen (secondary N) is 1. The second-order valence-corrected chi connectivity index (χ2v) is 9.04. The molecule has 1 saturated heterocycles. The first-order valence-electron chi connectivity index (χ1n) is 10.8. The monoisotopic (exact) mass is 465 g/mol. The number of hydrogen-bond donors (Lipinski definition) is 1. The van der Waals surface area contributed by atoms with Gasteiger partial charge in [0.25, 0.3) is 5.91 Å². The summed E-state index contributed by atoms with van der Waals surface area (Å²) in [4.78, 5) is 19.6. The van der Waals surface area contributed by atoms with Gasteiger partial charge in [-0.25, -0.2) is 9.07 Å². The fourth-order valence-electron chi connectivity index (χ4n) is 4.09. The van der Waals surface area contributed by atoms with Crippen LogP contribution in [0.4, 0.5) is 9.52 Å². The molecule has 5 rings (SSSR count). The highest BCUT2D eigenvalue weighted by Crippen LogP contribution is 2.34. The van der Waals surface area contributed by atoms with Crippen LogP contribution in [0, 0.1) is 12.7 Å². The maximum Gasteiger partial charge on any atom is 0.254 e. The van der Waals surface area contributed by atoms with Crippen LogP contribution in [0.5, 0.6) is 5.75 Å². The predicted molar refractivity (Wildman–Crippen MR) is 127 cm³/mol. The Labute approximate surface area is 194 Å². The molecule has 170 valence electrons. The van der Waals surface area contributed by atoms with Gasteiger partial charge in [0.2, 0.25) is 0 Å². The second-order valence-electron chi connectivity index (χ2n) is 8.06. The Morgan fingerprint density at radius 1 is 1.15 bits per heavy atom. The van der Waals surface area contributed by atoms with Gasteiger partial charge in [-0.2, -0.15) is 10.1 Å². The van der Waals surface area contributed by atoms with Gasteiger partial charge in [-0.15, -0.1) is 0 Å². The fourth-order valence-corrected chi connectivity index (χ4v) is 5.12. The molecule has 0 spiro atoms. The molecule has 0 saturated carbocycles. The molecular weight excluding hydrogens is 441 g/mol. The predicted octanol–water partition coefficient (Wildman–Crippen LogP) is 4.34. The number of anilines is 1. The molecule has 1 N–H and O–H groups in total. The second kappa shape index (κ2) is 8.82. The van der Waals surface area contributed by atoms with Crippen LogP contribution in [0.15, 0.2) is 48.5 Å². The lowest BCUT2D eigenvalue weighted by molar-refractivity contribution is 0.0927. The lowest BCUT2D eigenvalue weighted by Gasteiger charge is -2.32. The highest BCUT2D eigenvalue weighted by Gasteiger charge is 2.25. The molecule has 1 amide bonds. The molecule has 0 unspecified atom stereocenters. The molecule has 33 heavy (non-hydrogen) atoms. The molecule has 0 aliphatic carbocycles. The van der Waals surface area contributed by atoms with E-state index >= 15 is 0 Å². The summed E-state index contributed by atoms with van der Waals surface area (Å²) >= 11 is 1.64. The molecule has 1 aliphatic heterocycles. The molecule has 9 heteroatoms. The number of amides is 1. The first kappa shape index (κ1) is 21.4. The van der Waals surface area contributed by atoms with Crippen LogP contribution in [0.25, 0.3) is 16.0 Å². The molecule has 4 aromatic rings. The first-order valence-corrected chi connectivity index (χ1v) is 11.7. The van der Waals surface area contributed by atoms with Crippen molar-refractivity contribution in [2.24, 2.45) is 0 Å². The van der Waals surface area contributed by atoms with Gasteiger partial charge in [-0.1, -0.05) is 23.5 Å². The minimum atomic E-state index is -0.497. The quantitative estimate of drug-likeness (QED) is 0.475. The van der Waals surface area contributed by atoms with Crippen molar-refractivity contribution in [1.82, 2.24) is 20.1 Å². The SMILES string of the molecule is COc1ccc(-n2nc(C)c3sc(N4CCC(NC(=O)c5ccccc5F)CC4)nc32)cc1. The van der Waals surface area contributed by atoms with Gasteiger partial charge in [-0.05, 0) is 56.2 Å². The number of carbonyl (C=O) groups excluding carboxylic acids is 1. The van der Waals surface area contributed by atoms with Crippen LogP contribution in [0.2, 0.25) is 0 Å². The summed E-state index contributed by atoms with van der Waals surface area (Å²) < 4.78 is 22.1. The van der Waals surface area contributed by atoms with Crippen molar-refractivity contribution in [3.05, 3.63) is 65.6 Å². The van der Waals surface area contributed by atoms with Crippen LogP contribution < -0.4 is 15.0 Å². The van der Waals surface area contributed by atoms with E-state index in [9.17, 15) is 9.18 Å². The van der Waals surface area contributed by atoms with E-state index in [0.29, 0.717) is 0 Å². The summed E-state index contributed by atoms with van der Waals surface area (Å²) in [5, 5.41) is 8.59. The zero-order valence-electron chi connectivity index (χ0n) is 18.4. The summed E-state index contributed by atoms with van der Waals surface area (Å²) in [5.74, 6) is -0.0623. The Hall–Kier alpha value is -3.46. The molecule has 7 nitrogen and oxygen atoms in total. The Morgan fingerprint density at radius 2 is 1.88 bits per heavy atom.